The molecule has 0 saturated heterocycles. The van der Waals surface area contributed by atoms with Crippen molar-refractivity contribution in [3.05, 3.63) is 35.9 Å². The van der Waals surface area contributed by atoms with Gasteiger partial charge in [0, 0.05) is 27.2 Å². The number of nitrogens with one attached hydrogen (secondary N) is 2. The van der Waals surface area contributed by atoms with Crippen molar-refractivity contribution in [1.82, 2.24) is 15.5 Å². The van der Waals surface area contributed by atoms with Crippen LogP contribution in [-0.2, 0) is 9.53 Å². The third-order valence-electron chi connectivity index (χ3n) is 4.37. The molecule has 160 valence electrons. The van der Waals surface area contributed by atoms with Gasteiger partial charge in [0.05, 0.1) is 12.1 Å². The van der Waals surface area contributed by atoms with Crippen LogP contribution in [0.3, 0.4) is 0 Å². The molecular formula is C21H37IN4O2. The number of halogens is 1. The zero-order valence-corrected chi connectivity index (χ0v) is 20.4. The van der Waals surface area contributed by atoms with Crippen molar-refractivity contribution in [1.29, 1.82) is 0 Å². The third-order valence-corrected chi connectivity index (χ3v) is 4.37. The average Bonchev–Trinajstić information content (AvgIpc) is 2.65. The van der Waals surface area contributed by atoms with Crippen LogP contribution in [0.2, 0.25) is 0 Å². The summed E-state index contributed by atoms with van der Waals surface area (Å²) in [5.41, 5.74) is 1.17. The zero-order chi connectivity index (χ0) is 20.2. The Balaban J connectivity index is 0.00000729. The number of amides is 1. The second-order valence-corrected chi connectivity index (χ2v) is 7.18. The zero-order valence-electron chi connectivity index (χ0n) is 18.1. The third kappa shape index (κ3) is 10.3. The van der Waals surface area contributed by atoms with Gasteiger partial charge in [0.15, 0.2) is 5.96 Å². The molecule has 1 aromatic carbocycles. The van der Waals surface area contributed by atoms with Crippen LogP contribution in [0.1, 0.15) is 45.7 Å². The Kier molecular flexibility index (Phi) is 13.9. The first-order valence-electron chi connectivity index (χ1n) is 9.76. The highest BCUT2D eigenvalue weighted by molar-refractivity contribution is 14.0. The van der Waals surface area contributed by atoms with Gasteiger partial charge in [-0.3, -0.25) is 4.79 Å². The highest BCUT2D eigenvalue weighted by Gasteiger charge is 2.14. The number of guanidine groups is 1. The summed E-state index contributed by atoms with van der Waals surface area (Å²) in [6.07, 6.45) is 1.09. The lowest BCUT2D eigenvalue weighted by atomic mass is 10.0. The molecule has 0 fully saturated rings. The van der Waals surface area contributed by atoms with E-state index in [0.29, 0.717) is 18.5 Å². The van der Waals surface area contributed by atoms with Gasteiger partial charge in [0.2, 0.25) is 5.91 Å². The minimum absolute atomic E-state index is 0. The molecule has 1 rings (SSSR count). The summed E-state index contributed by atoms with van der Waals surface area (Å²) in [7, 11) is 3.47. The molecule has 0 bridgehead atoms. The first kappa shape index (κ1) is 26.6. The number of hydrogen-bond donors (Lipinski definition) is 2. The molecule has 6 nitrogen and oxygen atoms in total. The van der Waals surface area contributed by atoms with E-state index in [2.05, 4.69) is 48.5 Å². The summed E-state index contributed by atoms with van der Waals surface area (Å²) < 4.78 is 5.80. The molecule has 2 atom stereocenters. The highest BCUT2D eigenvalue weighted by atomic mass is 127. The number of nitrogens with zero attached hydrogens (tertiary/aromatic N) is 2. The van der Waals surface area contributed by atoms with Crippen molar-refractivity contribution in [2.45, 2.75) is 46.3 Å². The van der Waals surface area contributed by atoms with E-state index >= 15 is 0 Å². The van der Waals surface area contributed by atoms with Crippen LogP contribution in [0, 0.1) is 5.92 Å². The van der Waals surface area contributed by atoms with Crippen LogP contribution >= 0.6 is 24.0 Å². The number of rotatable bonds is 10. The molecule has 0 aliphatic heterocycles. The summed E-state index contributed by atoms with van der Waals surface area (Å²) in [4.78, 5) is 17.9. The smallest absolute Gasteiger partial charge is 0.243 e. The Morgan fingerprint density at radius 3 is 2.36 bits per heavy atom. The Labute approximate surface area is 187 Å². The van der Waals surface area contributed by atoms with E-state index in [0.717, 1.165) is 13.0 Å². The van der Waals surface area contributed by atoms with E-state index in [-0.39, 0.29) is 48.6 Å². The molecule has 0 aliphatic carbocycles. The van der Waals surface area contributed by atoms with E-state index in [1.54, 1.807) is 19.0 Å². The lowest BCUT2D eigenvalue weighted by molar-refractivity contribution is -0.127. The first-order chi connectivity index (χ1) is 12.8. The summed E-state index contributed by atoms with van der Waals surface area (Å²) in [5, 5.41) is 6.74. The van der Waals surface area contributed by atoms with E-state index in [4.69, 9.17) is 4.74 Å². The van der Waals surface area contributed by atoms with Gasteiger partial charge in [-0.05, 0) is 31.7 Å². The van der Waals surface area contributed by atoms with Gasteiger partial charge in [0.1, 0.15) is 6.54 Å². The van der Waals surface area contributed by atoms with E-state index in [1.165, 1.54) is 5.56 Å². The van der Waals surface area contributed by atoms with Crippen LogP contribution in [0.15, 0.2) is 35.3 Å². The van der Waals surface area contributed by atoms with Crippen LogP contribution in [0.4, 0.5) is 0 Å². The number of carbonyl (C=O) groups excluding carboxylic acids is 1. The van der Waals surface area contributed by atoms with Crippen molar-refractivity contribution < 1.29 is 9.53 Å². The molecular weight excluding hydrogens is 467 g/mol. The lowest BCUT2D eigenvalue weighted by Gasteiger charge is -2.23. The molecule has 0 heterocycles. The number of carbonyl (C=O) groups is 1. The molecule has 0 radical (unpaired) electrons. The minimum Gasteiger partial charge on any atom is -0.378 e. The minimum atomic E-state index is -0.0298. The normalized spacial score (nSPS) is 13.5. The predicted octanol–water partition coefficient (Wildman–Crippen LogP) is 3.44. The molecule has 28 heavy (non-hydrogen) atoms. The topological polar surface area (TPSA) is 66.0 Å². The molecule has 7 heteroatoms. The SMILES string of the molecule is CCOC(CCNC(=NCC(=O)N(C)C)NC(C)c1ccccc1)C(C)C.I. The summed E-state index contributed by atoms with van der Waals surface area (Å²) in [5.74, 6) is 1.07. The van der Waals surface area contributed by atoms with Gasteiger partial charge >= 0.3 is 0 Å². The fraction of sp³-hybridized carbons (Fsp3) is 0.619. The maximum absolute atomic E-state index is 11.9. The molecule has 1 aromatic rings. The van der Waals surface area contributed by atoms with Gasteiger partial charge < -0.3 is 20.3 Å². The predicted molar refractivity (Wildman–Crippen MR) is 127 cm³/mol. The van der Waals surface area contributed by atoms with Gasteiger partial charge in [-0.25, -0.2) is 4.99 Å². The Bertz CT molecular complexity index is 579. The lowest BCUT2D eigenvalue weighted by Crippen LogP contribution is -2.41. The van der Waals surface area contributed by atoms with Crippen molar-refractivity contribution in [2.24, 2.45) is 10.9 Å². The Morgan fingerprint density at radius 2 is 1.82 bits per heavy atom. The fourth-order valence-corrected chi connectivity index (χ4v) is 2.63. The van der Waals surface area contributed by atoms with Crippen LogP contribution in [-0.4, -0.2) is 56.7 Å². The van der Waals surface area contributed by atoms with Crippen LogP contribution in [0.25, 0.3) is 0 Å². The number of benzene rings is 1. The number of ether oxygens (including phenoxy) is 1. The Morgan fingerprint density at radius 1 is 1.18 bits per heavy atom. The monoisotopic (exact) mass is 504 g/mol. The van der Waals surface area contributed by atoms with E-state index in [9.17, 15) is 4.79 Å². The Hall–Kier alpha value is -1.35. The molecule has 0 aliphatic rings. The number of likely N-dealkylation sites (N-methyl/N-ethyl adjacent to an activating group) is 1. The summed E-state index contributed by atoms with van der Waals surface area (Å²) >= 11 is 0. The van der Waals surface area contributed by atoms with Crippen molar-refractivity contribution in [2.75, 3.05) is 33.8 Å². The largest absolute Gasteiger partial charge is 0.378 e. The number of aliphatic imine (C=N–C) groups is 1. The molecule has 0 aromatic heterocycles. The molecule has 0 spiro atoms. The molecule has 0 saturated carbocycles. The van der Waals surface area contributed by atoms with Crippen LogP contribution in [0.5, 0.6) is 0 Å². The van der Waals surface area contributed by atoms with Gasteiger partial charge in [-0.1, -0.05) is 44.2 Å². The van der Waals surface area contributed by atoms with Crippen molar-refractivity contribution in [3.63, 3.8) is 0 Å². The summed E-state index contributed by atoms with van der Waals surface area (Å²) in [6.45, 7) is 9.99. The van der Waals surface area contributed by atoms with Gasteiger partial charge in [-0.15, -0.1) is 24.0 Å². The second-order valence-electron chi connectivity index (χ2n) is 7.18. The number of hydrogen-bond acceptors (Lipinski definition) is 3. The maximum Gasteiger partial charge on any atom is 0.243 e. The highest BCUT2D eigenvalue weighted by Crippen LogP contribution is 2.12. The average molecular weight is 504 g/mol. The molecule has 2 unspecified atom stereocenters. The van der Waals surface area contributed by atoms with Crippen molar-refractivity contribution >= 4 is 35.8 Å². The fourth-order valence-electron chi connectivity index (χ4n) is 2.63. The second kappa shape index (κ2) is 14.6. The van der Waals surface area contributed by atoms with Crippen molar-refractivity contribution in [3.8, 4) is 0 Å². The first-order valence-corrected chi connectivity index (χ1v) is 9.76. The molecule has 2 N–H and O–H groups in total. The van der Waals surface area contributed by atoms with Gasteiger partial charge in [0.25, 0.3) is 0 Å². The standard InChI is InChI=1S/C21H36N4O2.HI/c1-7-27-19(16(2)3)13-14-22-21(23-15-20(26)25(5)6)24-17(4)18-11-9-8-10-12-18;/h8-12,16-17,19H,7,13-15H2,1-6H3,(H2,22,23,24);1H. The maximum atomic E-state index is 11.9. The van der Waals surface area contributed by atoms with Gasteiger partial charge in [-0.2, -0.15) is 0 Å². The molecule has 1 amide bonds. The van der Waals surface area contributed by atoms with Crippen LogP contribution < -0.4 is 10.6 Å². The quantitative estimate of drug-likeness (QED) is 0.291. The van der Waals surface area contributed by atoms with E-state index in [1.807, 2.05) is 25.1 Å². The summed E-state index contributed by atoms with van der Waals surface area (Å²) in [6, 6.07) is 10.3. The van der Waals surface area contributed by atoms with E-state index < -0.39 is 0 Å².